The van der Waals surface area contributed by atoms with Crippen molar-refractivity contribution in [1.82, 2.24) is 0 Å². The lowest BCUT2D eigenvalue weighted by Crippen LogP contribution is -2.66. The zero-order valence-corrected chi connectivity index (χ0v) is 13.5. The lowest BCUT2D eigenvalue weighted by atomic mass is 9.91. The molecule has 0 heterocycles. The van der Waals surface area contributed by atoms with Gasteiger partial charge in [-0.05, 0) is 13.3 Å². The van der Waals surface area contributed by atoms with Crippen LogP contribution in [-0.4, -0.2) is 40.7 Å². The van der Waals surface area contributed by atoms with Gasteiger partial charge in [0.05, 0.1) is 0 Å². The third kappa shape index (κ3) is 4.25. The number of unbranched alkanes of at least 4 members (excludes halogenated alkanes) is 2. The molecular weight excluding hydrogens is 390 g/mol. The van der Waals surface area contributed by atoms with Crippen molar-refractivity contribution in [3.8, 4) is 0 Å². The van der Waals surface area contributed by atoms with Crippen LogP contribution in [0.5, 0.6) is 0 Å². The number of halogens is 10. The monoisotopic (exact) mass is 406 g/mol. The first-order chi connectivity index (χ1) is 11.4. The van der Waals surface area contributed by atoms with Gasteiger partial charge in [0.25, 0.3) is 0 Å². The number of hydrogen-bond donors (Lipinski definition) is 1. The van der Waals surface area contributed by atoms with Crippen molar-refractivity contribution in [3.63, 3.8) is 0 Å². The second-order valence-corrected chi connectivity index (χ2v) is 5.64. The second-order valence-electron chi connectivity index (χ2n) is 5.64. The van der Waals surface area contributed by atoms with E-state index in [1.54, 1.807) is 0 Å². The van der Waals surface area contributed by atoms with Crippen LogP contribution in [0.1, 0.15) is 39.5 Å². The zero-order valence-electron chi connectivity index (χ0n) is 13.5. The largest absolute Gasteiger partial charge is 0.478 e. The highest BCUT2D eigenvalue weighted by molar-refractivity contribution is 5.86. The third-order valence-corrected chi connectivity index (χ3v) is 3.50. The van der Waals surface area contributed by atoms with Crippen LogP contribution < -0.4 is 0 Å². The van der Waals surface area contributed by atoms with E-state index in [1.165, 1.54) is 6.92 Å². The van der Waals surface area contributed by atoms with Crippen molar-refractivity contribution in [3.05, 3.63) is 11.6 Å². The predicted molar refractivity (Wildman–Crippen MR) is 70.3 cm³/mol. The minimum absolute atomic E-state index is 0.107. The van der Waals surface area contributed by atoms with Crippen molar-refractivity contribution in [2.45, 2.75) is 69.1 Å². The van der Waals surface area contributed by atoms with E-state index in [9.17, 15) is 48.7 Å². The Bertz CT molecular complexity index is 540. The number of rotatable bonds is 10. The summed E-state index contributed by atoms with van der Waals surface area (Å²) in [7, 11) is 0. The Morgan fingerprint density at radius 1 is 0.846 bits per heavy atom. The van der Waals surface area contributed by atoms with Gasteiger partial charge in [0.1, 0.15) is 0 Å². The van der Waals surface area contributed by atoms with Crippen LogP contribution in [0, 0.1) is 0 Å². The van der Waals surface area contributed by atoms with Gasteiger partial charge in [0.15, 0.2) is 0 Å². The summed E-state index contributed by atoms with van der Waals surface area (Å²) in [6.07, 6.45) is -3.73. The first-order valence-corrected chi connectivity index (χ1v) is 7.21. The van der Waals surface area contributed by atoms with E-state index in [4.69, 9.17) is 5.11 Å². The van der Waals surface area contributed by atoms with E-state index >= 15 is 0 Å². The maximum Gasteiger partial charge on any atom is 0.384 e. The molecular formula is C14H16F10O2. The van der Waals surface area contributed by atoms with E-state index in [0.717, 1.165) is 0 Å². The van der Waals surface area contributed by atoms with Crippen molar-refractivity contribution < 1.29 is 53.8 Å². The molecule has 1 N–H and O–H groups in total. The molecule has 26 heavy (non-hydrogen) atoms. The predicted octanol–water partition coefficient (Wildman–Crippen LogP) is 5.77. The van der Waals surface area contributed by atoms with Gasteiger partial charge in [-0.2, -0.15) is 43.9 Å². The van der Waals surface area contributed by atoms with Gasteiger partial charge >= 0.3 is 35.6 Å². The fourth-order valence-corrected chi connectivity index (χ4v) is 1.81. The van der Waals surface area contributed by atoms with Gasteiger partial charge in [-0.3, -0.25) is 0 Å². The summed E-state index contributed by atoms with van der Waals surface area (Å²) in [6, 6.07) is 0. The van der Waals surface area contributed by atoms with Gasteiger partial charge < -0.3 is 5.11 Å². The molecule has 0 rings (SSSR count). The molecule has 0 fully saturated rings. The van der Waals surface area contributed by atoms with Crippen molar-refractivity contribution in [2.75, 3.05) is 0 Å². The molecule has 0 aromatic carbocycles. The number of hydrogen-bond acceptors (Lipinski definition) is 1. The molecule has 0 unspecified atom stereocenters. The molecule has 0 aliphatic heterocycles. The summed E-state index contributed by atoms with van der Waals surface area (Å²) in [6.45, 7) is 1.76. The molecule has 12 heteroatoms. The van der Waals surface area contributed by atoms with Crippen LogP contribution in [-0.2, 0) is 4.79 Å². The highest BCUT2D eigenvalue weighted by Crippen LogP contribution is 2.58. The minimum Gasteiger partial charge on any atom is -0.478 e. The summed E-state index contributed by atoms with van der Waals surface area (Å²) < 4.78 is 134. The second kappa shape index (κ2) is 7.63. The first kappa shape index (κ1) is 24.5. The lowest BCUT2D eigenvalue weighted by Gasteiger charge is -2.39. The third-order valence-electron chi connectivity index (χ3n) is 3.50. The summed E-state index contributed by atoms with van der Waals surface area (Å²) >= 11 is 0. The SMILES string of the molecule is CCCCCC(F)(F)C(F)(F)C(F)(F)C(F)(F)C(F)(F)C=C(C)C(=O)O. The normalized spacial score (nSPS) is 15.3. The highest BCUT2D eigenvalue weighted by Gasteiger charge is 2.85. The molecule has 0 amide bonds. The van der Waals surface area contributed by atoms with Crippen LogP contribution in [0.4, 0.5) is 43.9 Å². The maximum absolute atomic E-state index is 13.5. The van der Waals surface area contributed by atoms with Gasteiger partial charge in [-0.1, -0.05) is 19.8 Å². The molecule has 0 saturated heterocycles. The quantitative estimate of drug-likeness (QED) is 0.284. The molecule has 0 aliphatic rings. The van der Waals surface area contributed by atoms with Crippen LogP contribution >= 0.6 is 0 Å². The Balaban J connectivity index is 6.01. The number of carbonyl (C=O) groups is 1. The Hall–Kier alpha value is -1.49. The highest BCUT2D eigenvalue weighted by atomic mass is 19.4. The van der Waals surface area contributed by atoms with Crippen molar-refractivity contribution >= 4 is 5.97 Å². The summed E-state index contributed by atoms with van der Waals surface area (Å²) in [5.74, 6) is -35.0. The smallest absolute Gasteiger partial charge is 0.384 e. The van der Waals surface area contributed by atoms with Crippen LogP contribution in [0.2, 0.25) is 0 Å². The van der Waals surface area contributed by atoms with E-state index in [2.05, 4.69) is 0 Å². The van der Waals surface area contributed by atoms with E-state index in [0.29, 0.717) is 6.92 Å². The van der Waals surface area contributed by atoms with E-state index in [-0.39, 0.29) is 12.8 Å². The molecule has 0 aromatic rings. The molecule has 0 atom stereocenters. The average Bonchev–Trinajstić information content (AvgIpc) is 2.45. The molecule has 0 aliphatic carbocycles. The van der Waals surface area contributed by atoms with E-state index in [1.807, 2.05) is 0 Å². The molecule has 0 saturated carbocycles. The Morgan fingerprint density at radius 3 is 1.69 bits per heavy atom. The van der Waals surface area contributed by atoms with Gasteiger partial charge in [0, 0.05) is 18.1 Å². The zero-order chi connectivity index (χ0) is 21.2. The fraction of sp³-hybridized carbons (Fsp3) is 0.786. The maximum atomic E-state index is 13.5. The van der Waals surface area contributed by atoms with Gasteiger partial charge in [-0.25, -0.2) is 4.79 Å². The number of allylic oxidation sites excluding steroid dienone is 1. The average molecular weight is 406 g/mol. The molecule has 0 bridgehead atoms. The van der Waals surface area contributed by atoms with E-state index < -0.39 is 60.1 Å². The lowest BCUT2D eigenvalue weighted by molar-refractivity contribution is -0.395. The van der Waals surface area contributed by atoms with Crippen LogP contribution in [0.15, 0.2) is 11.6 Å². The number of carboxylic acids is 1. The van der Waals surface area contributed by atoms with Gasteiger partial charge in [-0.15, -0.1) is 0 Å². The number of aliphatic carboxylic acids is 1. The standard InChI is InChI=1S/C14H16F10O2/c1-3-4-5-6-10(15,16)12(19,20)14(23,24)13(21,22)11(17,18)7-8(2)9(25)26/h7H,3-6H2,1-2H3,(H,25,26). The molecule has 0 radical (unpaired) electrons. The summed E-state index contributed by atoms with van der Waals surface area (Å²) in [5, 5.41) is 8.32. The molecule has 2 nitrogen and oxygen atoms in total. The minimum atomic E-state index is -7.17. The molecule has 0 spiro atoms. The summed E-state index contributed by atoms with van der Waals surface area (Å²) in [4.78, 5) is 10.4. The molecule has 0 aromatic heterocycles. The van der Waals surface area contributed by atoms with Crippen molar-refractivity contribution in [2.24, 2.45) is 0 Å². The summed E-state index contributed by atoms with van der Waals surface area (Å²) in [5.41, 5.74) is -1.57. The Labute approximate surface area is 141 Å². The number of alkyl halides is 10. The molecule has 154 valence electrons. The first-order valence-electron chi connectivity index (χ1n) is 7.21. The van der Waals surface area contributed by atoms with Crippen LogP contribution in [0.3, 0.4) is 0 Å². The Kier molecular flexibility index (Phi) is 7.19. The number of carboxylic acid groups (broad SMARTS) is 1. The fourth-order valence-electron chi connectivity index (χ4n) is 1.81. The topological polar surface area (TPSA) is 37.3 Å². The van der Waals surface area contributed by atoms with Crippen LogP contribution in [0.25, 0.3) is 0 Å². The van der Waals surface area contributed by atoms with Gasteiger partial charge in [0.2, 0.25) is 0 Å². The Morgan fingerprint density at radius 2 is 1.31 bits per heavy atom. The van der Waals surface area contributed by atoms with Crippen molar-refractivity contribution in [1.29, 1.82) is 0 Å².